The quantitative estimate of drug-likeness (QED) is 0.832. The molecule has 5 nitrogen and oxygen atoms in total. The lowest BCUT2D eigenvalue weighted by molar-refractivity contribution is -0.150. The van der Waals surface area contributed by atoms with Crippen molar-refractivity contribution >= 4 is 11.9 Å². The van der Waals surface area contributed by atoms with E-state index in [4.69, 9.17) is 0 Å². The van der Waals surface area contributed by atoms with Crippen LogP contribution in [0, 0.1) is 16.2 Å². The van der Waals surface area contributed by atoms with E-state index in [1.165, 1.54) is 0 Å². The number of hydrogen-bond acceptors (Lipinski definition) is 3. The van der Waals surface area contributed by atoms with Crippen molar-refractivity contribution in [2.24, 2.45) is 16.2 Å². The van der Waals surface area contributed by atoms with Crippen molar-refractivity contribution < 1.29 is 14.7 Å². The number of carboxylic acid groups (broad SMARTS) is 1. The van der Waals surface area contributed by atoms with Gasteiger partial charge in [0.1, 0.15) is 6.04 Å². The van der Waals surface area contributed by atoms with E-state index >= 15 is 0 Å². The van der Waals surface area contributed by atoms with Gasteiger partial charge in [0.25, 0.3) is 0 Å². The molecule has 2 aliphatic rings. The second-order valence-corrected chi connectivity index (χ2v) is 8.45. The summed E-state index contributed by atoms with van der Waals surface area (Å²) < 4.78 is 0. The fraction of sp³-hybridized carbons (Fsp3) is 0.875. The maximum absolute atomic E-state index is 12.9. The summed E-state index contributed by atoms with van der Waals surface area (Å²) in [7, 11) is 1.76. The normalized spacial score (nSPS) is 32.3. The molecule has 3 atom stereocenters. The molecule has 0 aromatic carbocycles. The highest BCUT2D eigenvalue weighted by Crippen LogP contribution is 2.68. The summed E-state index contributed by atoms with van der Waals surface area (Å²) in [6.45, 7) is 10.9. The van der Waals surface area contributed by atoms with Gasteiger partial charge in [-0.3, -0.25) is 4.79 Å². The summed E-state index contributed by atoms with van der Waals surface area (Å²) in [5, 5.41) is 12.6. The van der Waals surface area contributed by atoms with Crippen molar-refractivity contribution in [2.45, 2.75) is 59.5 Å². The summed E-state index contributed by atoms with van der Waals surface area (Å²) in [4.78, 5) is 26.1. The third kappa shape index (κ3) is 2.56. The molecular formula is C16H28N2O3. The molecule has 2 unspecified atom stereocenters. The average Bonchev–Trinajstić information content (AvgIpc) is 2.68. The highest BCUT2D eigenvalue weighted by molar-refractivity contribution is 5.88. The molecule has 1 heterocycles. The van der Waals surface area contributed by atoms with Crippen LogP contribution in [0.2, 0.25) is 0 Å². The van der Waals surface area contributed by atoms with E-state index in [9.17, 15) is 14.7 Å². The lowest BCUT2D eigenvalue weighted by Crippen LogP contribution is -2.54. The van der Waals surface area contributed by atoms with Crippen LogP contribution in [0.4, 0.5) is 0 Å². The van der Waals surface area contributed by atoms with Crippen molar-refractivity contribution in [1.29, 1.82) is 0 Å². The molecule has 0 aromatic heterocycles. The van der Waals surface area contributed by atoms with Gasteiger partial charge in [-0.25, -0.2) is 4.79 Å². The molecule has 1 spiro atoms. The Balaban J connectivity index is 2.25. The lowest BCUT2D eigenvalue weighted by atomic mass is 9.86. The van der Waals surface area contributed by atoms with Gasteiger partial charge in [0.2, 0.25) is 5.91 Å². The van der Waals surface area contributed by atoms with Gasteiger partial charge in [-0.05, 0) is 36.1 Å². The van der Waals surface area contributed by atoms with Gasteiger partial charge in [-0.1, -0.05) is 34.6 Å². The maximum atomic E-state index is 12.9. The number of nitrogens with one attached hydrogen (secondary N) is 1. The van der Waals surface area contributed by atoms with E-state index in [-0.39, 0.29) is 28.2 Å². The third-order valence-electron chi connectivity index (χ3n) is 5.49. The first-order valence-corrected chi connectivity index (χ1v) is 7.66. The number of carboxylic acids is 1. The number of aliphatic carboxylic acids is 1. The summed E-state index contributed by atoms with van der Waals surface area (Å²) in [5.41, 5.74) is -0.0990. The molecule has 2 fully saturated rings. The van der Waals surface area contributed by atoms with Crippen molar-refractivity contribution in [3.05, 3.63) is 0 Å². The van der Waals surface area contributed by atoms with E-state index in [1.54, 1.807) is 11.9 Å². The molecule has 1 amide bonds. The first-order valence-electron chi connectivity index (χ1n) is 7.66. The fourth-order valence-electron chi connectivity index (χ4n) is 3.95. The molecule has 2 N–H and O–H groups in total. The van der Waals surface area contributed by atoms with E-state index in [0.717, 1.165) is 6.42 Å². The topological polar surface area (TPSA) is 69.6 Å². The molecular weight excluding hydrogens is 268 g/mol. The molecule has 2 rings (SSSR count). The number of rotatable bonds is 3. The van der Waals surface area contributed by atoms with E-state index in [2.05, 4.69) is 19.2 Å². The standard InChI is InChI=1S/C16H28N2O3/c1-14(2,3)11(17-6)12(19)18-9-16(8-15(16,4)5)7-10(18)13(20)21/h10-11,17H,7-9H2,1-6H3,(H,20,21)/t10?,11-,16?/m1/s1. The Kier molecular flexibility index (Phi) is 3.64. The Morgan fingerprint density at radius 2 is 1.86 bits per heavy atom. The largest absolute Gasteiger partial charge is 0.480 e. The molecule has 1 saturated heterocycles. The van der Waals surface area contributed by atoms with Gasteiger partial charge < -0.3 is 15.3 Å². The molecule has 21 heavy (non-hydrogen) atoms. The van der Waals surface area contributed by atoms with Gasteiger partial charge in [0.15, 0.2) is 0 Å². The van der Waals surface area contributed by atoms with Crippen molar-refractivity contribution in [2.75, 3.05) is 13.6 Å². The van der Waals surface area contributed by atoms with Gasteiger partial charge in [0, 0.05) is 6.54 Å². The minimum Gasteiger partial charge on any atom is -0.480 e. The Bertz CT molecular complexity index is 467. The first-order chi connectivity index (χ1) is 9.45. The zero-order valence-electron chi connectivity index (χ0n) is 14.0. The Hall–Kier alpha value is -1.10. The van der Waals surface area contributed by atoms with Crippen molar-refractivity contribution in [1.82, 2.24) is 10.2 Å². The first kappa shape index (κ1) is 16.3. The predicted molar refractivity (Wildman–Crippen MR) is 80.9 cm³/mol. The smallest absolute Gasteiger partial charge is 0.326 e. The Labute approximate surface area is 127 Å². The Morgan fingerprint density at radius 3 is 2.19 bits per heavy atom. The van der Waals surface area contributed by atoms with E-state index in [0.29, 0.717) is 13.0 Å². The minimum absolute atomic E-state index is 0.00188. The number of likely N-dealkylation sites (tertiary alicyclic amines) is 1. The molecule has 0 bridgehead atoms. The summed E-state index contributed by atoms with van der Waals surface area (Å²) in [6.07, 6.45) is 1.59. The predicted octanol–water partition coefficient (Wildman–Crippen LogP) is 1.72. The second-order valence-electron chi connectivity index (χ2n) is 8.45. The van der Waals surface area contributed by atoms with Gasteiger partial charge in [-0.15, -0.1) is 0 Å². The summed E-state index contributed by atoms with van der Waals surface area (Å²) >= 11 is 0. The number of likely N-dealkylation sites (N-methyl/N-ethyl adjacent to an activating group) is 1. The van der Waals surface area contributed by atoms with Crippen LogP contribution < -0.4 is 5.32 Å². The number of hydrogen-bond donors (Lipinski definition) is 2. The van der Waals surface area contributed by atoms with Crippen LogP contribution in [0.1, 0.15) is 47.5 Å². The number of amides is 1. The second kappa shape index (κ2) is 4.70. The fourth-order valence-corrected chi connectivity index (χ4v) is 3.95. The van der Waals surface area contributed by atoms with Crippen LogP contribution in [0.15, 0.2) is 0 Å². The van der Waals surface area contributed by atoms with Crippen LogP contribution in [0.3, 0.4) is 0 Å². The van der Waals surface area contributed by atoms with E-state index in [1.807, 2.05) is 20.8 Å². The van der Waals surface area contributed by atoms with Gasteiger partial charge in [-0.2, -0.15) is 0 Å². The lowest BCUT2D eigenvalue weighted by Gasteiger charge is -2.34. The molecule has 1 aliphatic carbocycles. The van der Waals surface area contributed by atoms with Gasteiger partial charge in [0.05, 0.1) is 6.04 Å². The van der Waals surface area contributed by atoms with Crippen LogP contribution in [0.5, 0.6) is 0 Å². The van der Waals surface area contributed by atoms with Crippen LogP contribution in [-0.4, -0.2) is 47.6 Å². The molecule has 0 aromatic rings. The maximum Gasteiger partial charge on any atom is 0.326 e. The molecule has 1 saturated carbocycles. The average molecular weight is 296 g/mol. The SMILES string of the molecule is CN[C@H](C(=O)N1CC2(CC1C(=O)O)CC2(C)C)C(C)(C)C. The van der Waals surface area contributed by atoms with Crippen molar-refractivity contribution in [3.63, 3.8) is 0 Å². The minimum atomic E-state index is -0.883. The van der Waals surface area contributed by atoms with Crippen LogP contribution in [-0.2, 0) is 9.59 Å². The molecule has 120 valence electrons. The number of nitrogens with zero attached hydrogens (tertiary/aromatic N) is 1. The molecule has 1 aliphatic heterocycles. The zero-order chi connectivity index (χ0) is 16.2. The summed E-state index contributed by atoms with van der Waals surface area (Å²) in [5.74, 6) is -0.969. The third-order valence-corrected chi connectivity index (χ3v) is 5.49. The van der Waals surface area contributed by atoms with Gasteiger partial charge >= 0.3 is 5.97 Å². The highest BCUT2D eigenvalue weighted by atomic mass is 16.4. The number of carbonyl (C=O) groups excluding carboxylic acids is 1. The van der Waals surface area contributed by atoms with Crippen LogP contribution >= 0.6 is 0 Å². The zero-order valence-corrected chi connectivity index (χ0v) is 14.0. The molecule has 5 heteroatoms. The monoisotopic (exact) mass is 296 g/mol. The number of carbonyl (C=O) groups is 2. The van der Waals surface area contributed by atoms with E-state index < -0.39 is 12.0 Å². The Morgan fingerprint density at radius 1 is 1.33 bits per heavy atom. The summed E-state index contributed by atoms with van der Waals surface area (Å²) in [6, 6.07) is -1.05. The highest BCUT2D eigenvalue weighted by Gasteiger charge is 2.67. The van der Waals surface area contributed by atoms with Crippen LogP contribution in [0.25, 0.3) is 0 Å². The molecule has 0 radical (unpaired) electrons. The van der Waals surface area contributed by atoms with Crippen molar-refractivity contribution in [3.8, 4) is 0 Å².